The van der Waals surface area contributed by atoms with Gasteiger partial charge >= 0.3 is 18.0 Å². The number of carboxylic acid groups (broad SMARTS) is 2. The monoisotopic (exact) mass is 622 g/mol. The van der Waals surface area contributed by atoms with Gasteiger partial charge in [-0.05, 0) is 23.8 Å². The van der Waals surface area contributed by atoms with Crippen LogP contribution in [0.5, 0.6) is 0 Å². The number of hydrogen-bond acceptors (Lipinski definition) is 8. The van der Waals surface area contributed by atoms with E-state index in [-0.39, 0.29) is 18.9 Å². The molecule has 0 heterocycles. The summed E-state index contributed by atoms with van der Waals surface area (Å²) in [7, 11) is 0. The second kappa shape index (κ2) is 19.2. The zero-order valence-corrected chi connectivity index (χ0v) is 25.5. The molecule has 12 nitrogen and oxygen atoms in total. The van der Waals surface area contributed by atoms with Crippen molar-refractivity contribution < 1.29 is 52.9 Å². The predicted molar refractivity (Wildman–Crippen MR) is 156 cm³/mol. The molecule has 13 heteroatoms. The normalized spacial score (nSPS) is 14.4. The number of Topliss-reactive ketones (excluding diaryl/α,β-unsaturated/α-hetero) is 3. The van der Waals surface area contributed by atoms with E-state index in [0.29, 0.717) is 6.42 Å². The number of hydrogen-bond donors (Lipinski definition) is 4. The Balaban J connectivity index is 3.09. The Hall–Kier alpha value is -4.16. The summed E-state index contributed by atoms with van der Waals surface area (Å²) in [6, 6.07) is 6.62. The molecule has 5 atom stereocenters. The van der Waals surface area contributed by atoms with Gasteiger partial charge in [0.1, 0.15) is 13.3 Å². The van der Waals surface area contributed by atoms with E-state index in [1.807, 2.05) is 0 Å². The number of ether oxygens (including phenoxy) is 1. The van der Waals surface area contributed by atoms with Crippen LogP contribution >= 0.6 is 0 Å². The first-order valence-electron chi connectivity index (χ1n) is 14.5. The number of aliphatic carboxylic acids is 2. The highest BCUT2D eigenvalue weighted by Gasteiger charge is 2.35. The van der Waals surface area contributed by atoms with Crippen LogP contribution in [0.1, 0.15) is 71.8 Å². The number of carbonyl (C=O) groups is 7. The van der Waals surface area contributed by atoms with E-state index in [4.69, 9.17) is 9.84 Å². The van der Waals surface area contributed by atoms with Crippen molar-refractivity contribution in [3.63, 3.8) is 0 Å². The molecule has 0 fully saturated rings. The molecule has 2 amide bonds. The fourth-order valence-corrected chi connectivity index (χ4v) is 4.54. The minimum atomic E-state index is -1.45. The SMILES string of the molecule is CC[C@H](C)[C@H](NC(=O)OCc1ccccc1)C(=O)C[C@@H](CCC(=O)O)C(=O)N[C@H](C(=O)C[C@@H](CC(=O)O)C(=O)CF)C(C)C. The second-order valence-corrected chi connectivity index (χ2v) is 11.2. The summed E-state index contributed by atoms with van der Waals surface area (Å²) in [5, 5.41) is 23.4. The highest BCUT2D eigenvalue weighted by atomic mass is 19.1. The molecule has 0 aliphatic heterocycles. The van der Waals surface area contributed by atoms with Gasteiger partial charge in [-0.3, -0.25) is 28.8 Å². The van der Waals surface area contributed by atoms with Gasteiger partial charge in [-0.1, -0.05) is 64.4 Å². The summed E-state index contributed by atoms with van der Waals surface area (Å²) in [5.74, 6) is -9.21. The van der Waals surface area contributed by atoms with Crippen molar-refractivity contribution in [1.29, 1.82) is 0 Å². The quantitative estimate of drug-likeness (QED) is 0.158. The van der Waals surface area contributed by atoms with E-state index in [0.717, 1.165) is 5.56 Å². The molecule has 0 aliphatic carbocycles. The van der Waals surface area contributed by atoms with E-state index in [2.05, 4.69) is 10.6 Å². The third-order valence-corrected chi connectivity index (χ3v) is 7.34. The van der Waals surface area contributed by atoms with Crippen LogP contribution in [0.15, 0.2) is 30.3 Å². The van der Waals surface area contributed by atoms with Crippen molar-refractivity contribution in [2.45, 2.75) is 84.9 Å². The lowest BCUT2D eigenvalue weighted by Crippen LogP contribution is -2.49. The van der Waals surface area contributed by atoms with Crippen LogP contribution in [0.4, 0.5) is 9.18 Å². The highest BCUT2D eigenvalue weighted by Crippen LogP contribution is 2.21. The molecule has 0 unspecified atom stereocenters. The Bertz CT molecular complexity index is 1160. The lowest BCUT2D eigenvalue weighted by atomic mass is 9.86. The van der Waals surface area contributed by atoms with Crippen molar-refractivity contribution >= 4 is 41.3 Å². The minimum Gasteiger partial charge on any atom is -0.481 e. The van der Waals surface area contributed by atoms with E-state index in [1.165, 1.54) is 0 Å². The number of halogens is 1. The maximum absolute atomic E-state index is 13.4. The molecular weight excluding hydrogens is 579 g/mol. The van der Waals surface area contributed by atoms with Crippen LogP contribution in [0.3, 0.4) is 0 Å². The average molecular weight is 623 g/mol. The van der Waals surface area contributed by atoms with Crippen molar-refractivity contribution in [1.82, 2.24) is 10.6 Å². The number of alkyl halides is 1. The third kappa shape index (κ3) is 13.4. The first-order valence-corrected chi connectivity index (χ1v) is 14.5. The molecular formula is C31H43FN2O10. The molecule has 0 radical (unpaired) electrons. The summed E-state index contributed by atoms with van der Waals surface area (Å²) < 4.78 is 18.2. The van der Waals surface area contributed by atoms with Gasteiger partial charge in [0.25, 0.3) is 0 Å². The number of ketones is 3. The van der Waals surface area contributed by atoms with Gasteiger partial charge in [-0.15, -0.1) is 0 Å². The number of benzene rings is 1. The van der Waals surface area contributed by atoms with E-state index >= 15 is 0 Å². The second-order valence-electron chi connectivity index (χ2n) is 11.2. The molecule has 4 N–H and O–H groups in total. The largest absolute Gasteiger partial charge is 0.481 e. The lowest BCUT2D eigenvalue weighted by molar-refractivity contribution is -0.142. The molecule has 44 heavy (non-hydrogen) atoms. The van der Waals surface area contributed by atoms with Crippen LogP contribution < -0.4 is 10.6 Å². The van der Waals surface area contributed by atoms with E-state index in [9.17, 15) is 43.1 Å². The standard InChI is InChI=1S/C31H43FN2O10/c1-5-19(4)29(34-31(43)44-17-20-9-7-6-8-10-20)24(36)13-21(11-12-26(38)39)30(42)33-28(18(2)3)23(35)14-22(15-27(40)41)25(37)16-32/h6-10,18-19,21-22,28-29H,5,11-17H2,1-4H3,(H,33,42)(H,34,43)(H,38,39)(H,40,41)/t19-,21+,22-,28-,29-/m0/s1. The molecule has 0 aliphatic rings. The molecule has 1 aromatic rings. The Kier molecular flexibility index (Phi) is 16.5. The van der Waals surface area contributed by atoms with Gasteiger partial charge in [0, 0.05) is 31.1 Å². The Morgan fingerprint density at radius 1 is 0.795 bits per heavy atom. The summed E-state index contributed by atoms with van der Waals surface area (Å²) in [4.78, 5) is 86.8. The zero-order valence-electron chi connectivity index (χ0n) is 25.5. The first kappa shape index (κ1) is 37.9. The Morgan fingerprint density at radius 3 is 1.91 bits per heavy atom. The predicted octanol–water partition coefficient (Wildman–Crippen LogP) is 3.50. The fraction of sp³-hybridized carbons (Fsp3) is 0.581. The number of amides is 2. The third-order valence-electron chi connectivity index (χ3n) is 7.34. The highest BCUT2D eigenvalue weighted by molar-refractivity contribution is 5.96. The zero-order chi connectivity index (χ0) is 33.4. The van der Waals surface area contributed by atoms with Crippen molar-refractivity contribution in [3.8, 4) is 0 Å². The van der Waals surface area contributed by atoms with Gasteiger partial charge < -0.3 is 25.6 Å². The van der Waals surface area contributed by atoms with Gasteiger partial charge in [0.2, 0.25) is 5.91 Å². The number of nitrogens with one attached hydrogen (secondary N) is 2. The Morgan fingerprint density at radius 2 is 1.39 bits per heavy atom. The number of rotatable bonds is 21. The first-order chi connectivity index (χ1) is 20.7. The van der Waals surface area contributed by atoms with Gasteiger partial charge in [0.15, 0.2) is 17.3 Å². The molecule has 0 saturated heterocycles. The van der Waals surface area contributed by atoms with Crippen molar-refractivity contribution in [2.75, 3.05) is 6.67 Å². The van der Waals surface area contributed by atoms with Gasteiger partial charge in [-0.2, -0.15) is 0 Å². The topological polar surface area (TPSA) is 193 Å². The lowest BCUT2D eigenvalue weighted by Gasteiger charge is -2.27. The molecule has 0 spiro atoms. The van der Waals surface area contributed by atoms with Crippen LogP contribution in [0.2, 0.25) is 0 Å². The number of carbonyl (C=O) groups excluding carboxylic acids is 5. The summed E-state index contributed by atoms with van der Waals surface area (Å²) in [6.45, 7) is 5.23. The summed E-state index contributed by atoms with van der Waals surface area (Å²) in [5.41, 5.74) is 0.733. The number of carboxylic acids is 2. The summed E-state index contributed by atoms with van der Waals surface area (Å²) in [6.07, 6.45) is -2.91. The van der Waals surface area contributed by atoms with Crippen LogP contribution in [0, 0.1) is 23.7 Å². The molecule has 0 bridgehead atoms. The van der Waals surface area contributed by atoms with Crippen molar-refractivity contribution in [2.24, 2.45) is 23.7 Å². The smallest absolute Gasteiger partial charge is 0.408 e. The van der Waals surface area contributed by atoms with Crippen LogP contribution in [-0.4, -0.2) is 70.3 Å². The molecule has 0 saturated carbocycles. The maximum atomic E-state index is 13.4. The van der Waals surface area contributed by atoms with E-state index in [1.54, 1.807) is 58.0 Å². The molecule has 1 aromatic carbocycles. The van der Waals surface area contributed by atoms with E-state index < -0.39 is 103 Å². The minimum absolute atomic E-state index is 0.0351. The maximum Gasteiger partial charge on any atom is 0.408 e. The van der Waals surface area contributed by atoms with Crippen molar-refractivity contribution in [3.05, 3.63) is 35.9 Å². The number of alkyl carbamates (subject to hydrolysis) is 1. The average Bonchev–Trinajstić information content (AvgIpc) is 2.98. The fourth-order valence-electron chi connectivity index (χ4n) is 4.54. The molecule has 0 aromatic heterocycles. The van der Waals surface area contributed by atoms with Gasteiger partial charge in [0.05, 0.1) is 18.5 Å². The molecule has 1 rings (SSSR count). The Labute approximate surface area is 256 Å². The molecule has 244 valence electrons. The summed E-state index contributed by atoms with van der Waals surface area (Å²) >= 11 is 0. The van der Waals surface area contributed by atoms with Crippen LogP contribution in [0.25, 0.3) is 0 Å². The van der Waals surface area contributed by atoms with Gasteiger partial charge in [-0.25, -0.2) is 9.18 Å². The van der Waals surface area contributed by atoms with Crippen LogP contribution in [-0.2, 0) is 40.1 Å².